The average Bonchev–Trinajstić information content (AvgIpc) is 2.94. The van der Waals surface area contributed by atoms with E-state index in [0.29, 0.717) is 5.92 Å². The summed E-state index contributed by atoms with van der Waals surface area (Å²) in [7, 11) is 13.3. The molecule has 0 nitrogen and oxygen atoms in total. The Bertz CT molecular complexity index is 857. The molecule has 26 heavy (non-hydrogen) atoms. The van der Waals surface area contributed by atoms with E-state index < -0.39 is 19.4 Å². The maximum atomic E-state index is 6.65. The van der Waals surface area contributed by atoms with Crippen molar-refractivity contribution in [2.75, 3.05) is 0 Å². The van der Waals surface area contributed by atoms with Gasteiger partial charge >= 0.3 is 174 Å². The van der Waals surface area contributed by atoms with Gasteiger partial charge in [-0.2, -0.15) is 0 Å². The van der Waals surface area contributed by atoms with Crippen LogP contribution in [0.1, 0.15) is 66.4 Å². The standard InChI is InChI=1S/C23H27.2ClH.Zr/c1-15(2)19-9-7-8-10-20(19)22-16(3)11-12-17-13-18(14-21(17)22)23(4,5)6;;;/h7-15H,1-6H3;2*1H;/q;;;+2/p-2. The Morgan fingerprint density at radius 2 is 1.65 bits per heavy atom. The van der Waals surface area contributed by atoms with Crippen molar-refractivity contribution in [2.45, 2.75) is 51.1 Å². The van der Waals surface area contributed by atoms with Gasteiger partial charge in [0.2, 0.25) is 0 Å². The van der Waals surface area contributed by atoms with Gasteiger partial charge in [0.1, 0.15) is 0 Å². The van der Waals surface area contributed by atoms with E-state index in [9.17, 15) is 0 Å². The van der Waals surface area contributed by atoms with Crippen LogP contribution in [0.15, 0.2) is 42.0 Å². The topological polar surface area (TPSA) is 0 Å². The third-order valence-corrected chi connectivity index (χ3v) is 10.5. The van der Waals surface area contributed by atoms with Gasteiger partial charge in [0, 0.05) is 0 Å². The van der Waals surface area contributed by atoms with Crippen molar-refractivity contribution >= 4 is 23.1 Å². The van der Waals surface area contributed by atoms with Gasteiger partial charge in [-0.3, -0.25) is 0 Å². The Balaban J connectivity index is 2.32. The minimum absolute atomic E-state index is 0.0714. The van der Waals surface area contributed by atoms with Crippen LogP contribution in [0.2, 0.25) is 0 Å². The third-order valence-electron chi connectivity index (χ3n) is 5.35. The molecule has 0 heterocycles. The SMILES string of the molecule is Cc1ccc2c(c1-c1ccccc1C(C)C)C=C(C(C)(C)C)[CH]2[Zr]([Cl])[Cl]. The first-order valence-electron chi connectivity index (χ1n) is 9.25. The molecule has 0 fully saturated rings. The van der Waals surface area contributed by atoms with Crippen molar-refractivity contribution < 1.29 is 19.4 Å². The summed E-state index contributed by atoms with van der Waals surface area (Å²) in [5.74, 6) is 0.483. The predicted octanol–water partition coefficient (Wildman–Crippen LogP) is 8.20. The van der Waals surface area contributed by atoms with Gasteiger partial charge in [0.25, 0.3) is 0 Å². The molecule has 3 heteroatoms. The van der Waals surface area contributed by atoms with Crippen LogP contribution in [0.25, 0.3) is 17.2 Å². The summed E-state index contributed by atoms with van der Waals surface area (Å²) in [6.07, 6.45) is 2.39. The van der Waals surface area contributed by atoms with Crippen LogP contribution in [0, 0.1) is 12.3 Å². The van der Waals surface area contributed by atoms with Crippen LogP contribution in [-0.2, 0) is 19.4 Å². The summed E-state index contributed by atoms with van der Waals surface area (Å²) < 4.78 is 0.251. The second-order valence-electron chi connectivity index (χ2n) is 8.57. The van der Waals surface area contributed by atoms with Gasteiger partial charge in [-0.15, -0.1) is 0 Å². The first kappa shape index (κ1) is 20.4. The van der Waals surface area contributed by atoms with Gasteiger partial charge in [-0.25, -0.2) is 0 Å². The molecule has 0 spiro atoms. The molecule has 0 bridgehead atoms. The van der Waals surface area contributed by atoms with E-state index in [1.165, 1.54) is 39.0 Å². The molecule has 0 N–H and O–H groups in total. The molecule has 137 valence electrons. The number of allylic oxidation sites excluding steroid dienone is 1. The summed E-state index contributed by atoms with van der Waals surface area (Å²) in [6.45, 7) is 13.6. The van der Waals surface area contributed by atoms with E-state index in [4.69, 9.17) is 17.0 Å². The van der Waals surface area contributed by atoms with Gasteiger partial charge in [0.05, 0.1) is 0 Å². The predicted molar refractivity (Wildman–Crippen MR) is 113 cm³/mol. The second kappa shape index (κ2) is 7.58. The first-order chi connectivity index (χ1) is 12.1. The van der Waals surface area contributed by atoms with Crippen molar-refractivity contribution in [2.24, 2.45) is 5.41 Å². The number of rotatable bonds is 3. The van der Waals surface area contributed by atoms with Crippen molar-refractivity contribution in [1.29, 1.82) is 0 Å². The average molecular weight is 466 g/mol. The Hall–Kier alpha value is -0.357. The van der Waals surface area contributed by atoms with E-state index in [2.05, 4.69) is 84.0 Å². The molecular formula is C23H27Cl2Zr. The summed E-state index contributed by atoms with van der Waals surface area (Å²) in [6, 6.07) is 13.3. The summed E-state index contributed by atoms with van der Waals surface area (Å²) in [5.41, 5.74) is 9.57. The molecule has 0 aliphatic heterocycles. The third kappa shape index (κ3) is 3.65. The molecule has 0 amide bonds. The van der Waals surface area contributed by atoms with E-state index in [-0.39, 0.29) is 9.04 Å². The van der Waals surface area contributed by atoms with E-state index in [0.717, 1.165) is 0 Å². The van der Waals surface area contributed by atoms with E-state index in [1.807, 2.05) is 0 Å². The number of halogens is 2. The molecule has 1 aliphatic carbocycles. The molecule has 2 aromatic carbocycles. The Labute approximate surface area is 173 Å². The molecule has 3 rings (SSSR count). The van der Waals surface area contributed by atoms with Crippen LogP contribution in [0.4, 0.5) is 0 Å². The van der Waals surface area contributed by atoms with Crippen LogP contribution >= 0.6 is 17.0 Å². The fraction of sp³-hybridized carbons (Fsp3) is 0.391. The maximum absolute atomic E-state index is 6.65. The monoisotopic (exact) mass is 463 g/mol. The molecule has 0 aromatic heterocycles. The zero-order valence-corrected chi connectivity index (χ0v) is 20.4. The van der Waals surface area contributed by atoms with Crippen LogP contribution in [-0.4, -0.2) is 0 Å². The Kier molecular flexibility index (Phi) is 5.94. The molecule has 1 atom stereocenters. The van der Waals surface area contributed by atoms with Crippen LogP contribution in [0.3, 0.4) is 0 Å². The normalized spacial score (nSPS) is 16.7. The molecule has 0 radical (unpaired) electrons. The number of benzene rings is 2. The van der Waals surface area contributed by atoms with Crippen molar-refractivity contribution in [1.82, 2.24) is 0 Å². The zero-order valence-electron chi connectivity index (χ0n) is 16.5. The fourth-order valence-corrected chi connectivity index (χ4v) is 9.85. The quantitative estimate of drug-likeness (QED) is 0.429. The van der Waals surface area contributed by atoms with Crippen molar-refractivity contribution in [3.63, 3.8) is 0 Å². The Morgan fingerprint density at radius 1 is 1.00 bits per heavy atom. The summed E-state index contributed by atoms with van der Waals surface area (Å²) in [5, 5.41) is 0. The van der Waals surface area contributed by atoms with Crippen molar-refractivity contribution in [3.05, 3.63) is 64.2 Å². The molecule has 0 saturated heterocycles. The number of hydrogen-bond acceptors (Lipinski definition) is 0. The number of hydrogen-bond donors (Lipinski definition) is 0. The van der Waals surface area contributed by atoms with Crippen LogP contribution < -0.4 is 0 Å². The molecule has 0 saturated carbocycles. The van der Waals surface area contributed by atoms with Gasteiger partial charge in [0.15, 0.2) is 0 Å². The second-order valence-corrected chi connectivity index (χ2v) is 17.4. The van der Waals surface area contributed by atoms with E-state index >= 15 is 0 Å². The van der Waals surface area contributed by atoms with Gasteiger partial charge < -0.3 is 0 Å². The molecule has 1 unspecified atom stereocenters. The molecule has 2 aromatic rings. The van der Waals surface area contributed by atoms with Gasteiger partial charge in [-0.05, 0) is 0 Å². The molecular weight excluding hydrogens is 438 g/mol. The van der Waals surface area contributed by atoms with Gasteiger partial charge in [-0.1, -0.05) is 0 Å². The zero-order chi connectivity index (χ0) is 19.2. The number of fused-ring (bicyclic) bond motifs is 1. The molecule has 1 aliphatic rings. The van der Waals surface area contributed by atoms with Crippen LogP contribution in [0.5, 0.6) is 0 Å². The summed E-state index contributed by atoms with van der Waals surface area (Å²) >= 11 is -2.51. The van der Waals surface area contributed by atoms with E-state index in [1.54, 1.807) is 0 Å². The Morgan fingerprint density at radius 3 is 2.23 bits per heavy atom. The first-order valence-corrected chi connectivity index (χ1v) is 17.0. The minimum atomic E-state index is -2.51. The fourth-order valence-electron chi connectivity index (χ4n) is 4.03. The summed E-state index contributed by atoms with van der Waals surface area (Å²) in [4.78, 5) is 0. The van der Waals surface area contributed by atoms with Crippen molar-refractivity contribution in [3.8, 4) is 11.1 Å². The number of aryl methyl sites for hydroxylation is 1.